The summed E-state index contributed by atoms with van der Waals surface area (Å²) < 4.78 is 0. The van der Waals surface area contributed by atoms with Crippen molar-refractivity contribution in [2.45, 2.75) is 5.41 Å². The maximum absolute atomic E-state index is 13.7. The second-order valence-corrected chi connectivity index (χ2v) is 10.9. The van der Waals surface area contributed by atoms with E-state index in [2.05, 4.69) is 110 Å². The number of ketones is 1. The average molecular weight is 523 g/mol. The molecule has 6 aromatic rings. The first-order valence-electron chi connectivity index (χ1n) is 14.0. The summed E-state index contributed by atoms with van der Waals surface area (Å²) in [5.74, 6) is 0.0391. The zero-order valence-corrected chi connectivity index (χ0v) is 22.5. The third-order valence-corrected chi connectivity index (χ3v) is 8.86. The van der Waals surface area contributed by atoms with Crippen LogP contribution in [0.3, 0.4) is 0 Å². The van der Waals surface area contributed by atoms with Crippen LogP contribution >= 0.6 is 0 Å². The maximum Gasteiger partial charge on any atom is 0.193 e. The molecular formula is C40H26O. The summed E-state index contributed by atoms with van der Waals surface area (Å²) in [6.07, 6.45) is 0. The van der Waals surface area contributed by atoms with Crippen molar-refractivity contribution in [3.05, 3.63) is 197 Å². The number of hydrogen-bond donors (Lipinski definition) is 0. The molecule has 1 atom stereocenters. The lowest BCUT2D eigenvalue weighted by molar-refractivity contribution is 0.103. The SMILES string of the molecule is C=C(c1ccccc1)c1ccc2c(c1)C1(c3ccccc3-2)c2ccccc2-c2ccc(C(=O)c3ccccc3)cc21. The molecule has 0 saturated heterocycles. The summed E-state index contributed by atoms with van der Waals surface area (Å²) in [5.41, 5.74) is 13.9. The number of hydrogen-bond acceptors (Lipinski definition) is 1. The van der Waals surface area contributed by atoms with Crippen LogP contribution in [-0.2, 0) is 5.41 Å². The van der Waals surface area contributed by atoms with Crippen LogP contribution in [0.25, 0.3) is 27.8 Å². The third kappa shape index (κ3) is 3.27. The Labute approximate surface area is 240 Å². The van der Waals surface area contributed by atoms with Crippen molar-refractivity contribution in [2.24, 2.45) is 0 Å². The summed E-state index contributed by atoms with van der Waals surface area (Å²) in [6, 6.07) is 50.5. The minimum Gasteiger partial charge on any atom is -0.289 e. The second-order valence-electron chi connectivity index (χ2n) is 10.9. The number of benzene rings is 6. The van der Waals surface area contributed by atoms with Crippen molar-refractivity contribution in [1.82, 2.24) is 0 Å². The Morgan fingerprint density at radius 1 is 0.415 bits per heavy atom. The van der Waals surface area contributed by atoms with E-state index in [4.69, 9.17) is 0 Å². The molecule has 2 aliphatic carbocycles. The molecule has 0 aromatic heterocycles. The molecule has 0 fully saturated rings. The van der Waals surface area contributed by atoms with Gasteiger partial charge >= 0.3 is 0 Å². The Morgan fingerprint density at radius 2 is 0.854 bits per heavy atom. The number of carbonyl (C=O) groups excluding carboxylic acids is 1. The highest BCUT2D eigenvalue weighted by Crippen LogP contribution is 2.63. The minimum absolute atomic E-state index is 0.0391. The monoisotopic (exact) mass is 522 g/mol. The smallest absolute Gasteiger partial charge is 0.193 e. The number of rotatable bonds is 4. The largest absolute Gasteiger partial charge is 0.289 e. The summed E-state index contributed by atoms with van der Waals surface area (Å²) in [6.45, 7) is 4.50. The topological polar surface area (TPSA) is 17.1 Å². The maximum atomic E-state index is 13.7. The van der Waals surface area contributed by atoms with E-state index < -0.39 is 5.41 Å². The van der Waals surface area contributed by atoms with Gasteiger partial charge in [-0.25, -0.2) is 0 Å². The van der Waals surface area contributed by atoms with Gasteiger partial charge in [-0.2, -0.15) is 0 Å². The molecular weight excluding hydrogens is 496 g/mol. The molecule has 1 spiro atoms. The highest BCUT2D eigenvalue weighted by Gasteiger charge is 2.51. The molecule has 0 heterocycles. The quantitative estimate of drug-likeness (QED) is 0.211. The van der Waals surface area contributed by atoms with Gasteiger partial charge < -0.3 is 0 Å². The van der Waals surface area contributed by atoms with Gasteiger partial charge in [-0.05, 0) is 73.3 Å². The Morgan fingerprint density at radius 3 is 1.44 bits per heavy atom. The van der Waals surface area contributed by atoms with Gasteiger partial charge in [-0.15, -0.1) is 0 Å². The summed E-state index contributed by atoms with van der Waals surface area (Å²) in [5, 5.41) is 0. The third-order valence-electron chi connectivity index (χ3n) is 8.86. The summed E-state index contributed by atoms with van der Waals surface area (Å²) in [4.78, 5) is 13.7. The summed E-state index contributed by atoms with van der Waals surface area (Å²) in [7, 11) is 0. The van der Waals surface area contributed by atoms with Crippen LogP contribution in [0.5, 0.6) is 0 Å². The van der Waals surface area contributed by atoms with Crippen molar-refractivity contribution in [3.8, 4) is 22.3 Å². The van der Waals surface area contributed by atoms with Crippen LogP contribution in [0.1, 0.15) is 49.3 Å². The van der Waals surface area contributed by atoms with E-state index >= 15 is 0 Å². The fourth-order valence-electron chi connectivity index (χ4n) is 7.03. The fraction of sp³-hybridized carbons (Fsp3) is 0.0250. The van der Waals surface area contributed by atoms with Crippen LogP contribution in [0.15, 0.2) is 152 Å². The van der Waals surface area contributed by atoms with Crippen molar-refractivity contribution in [2.75, 3.05) is 0 Å². The number of carbonyl (C=O) groups is 1. The molecule has 0 aliphatic heterocycles. The van der Waals surface area contributed by atoms with Gasteiger partial charge in [0, 0.05) is 11.1 Å². The molecule has 1 heteroatoms. The van der Waals surface area contributed by atoms with E-state index in [1.54, 1.807) is 0 Å². The van der Waals surface area contributed by atoms with Gasteiger partial charge in [0.15, 0.2) is 5.78 Å². The van der Waals surface area contributed by atoms with Crippen LogP contribution in [0.2, 0.25) is 0 Å². The van der Waals surface area contributed by atoms with E-state index in [0.717, 1.165) is 22.3 Å². The predicted octanol–water partition coefficient (Wildman–Crippen LogP) is 9.32. The first kappa shape index (κ1) is 23.6. The summed E-state index contributed by atoms with van der Waals surface area (Å²) >= 11 is 0. The molecule has 1 unspecified atom stereocenters. The molecule has 0 saturated carbocycles. The first-order chi connectivity index (χ1) is 20.2. The van der Waals surface area contributed by atoms with Crippen molar-refractivity contribution >= 4 is 11.4 Å². The molecule has 6 aromatic carbocycles. The van der Waals surface area contributed by atoms with Gasteiger partial charge in [0.05, 0.1) is 5.41 Å². The van der Waals surface area contributed by atoms with Crippen molar-refractivity contribution in [1.29, 1.82) is 0 Å². The van der Waals surface area contributed by atoms with Crippen LogP contribution in [-0.4, -0.2) is 5.78 Å². The van der Waals surface area contributed by atoms with Gasteiger partial charge in [0.2, 0.25) is 0 Å². The second kappa shape index (κ2) is 8.87. The standard InChI is InChI=1S/C40H26O/c1-26(27-12-4-2-5-13-27)29-20-22-33-31-16-8-10-18-35(31)40(37(33)24-29)36-19-11-9-17-32(36)34-23-21-30(25-38(34)40)39(41)28-14-6-3-7-15-28/h2-25H,1H2. The zero-order chi connectivity index (χ0) is 27.6. The molecule has 0 amide bonds. The molecule has 0 radical (unpaired) electrons. The van der Waals surface area contributed by atoms with Crippen molar-refractivity contribution in [3.63, 3.8) is 0 Å². The molecule has 0 bridgehead atoms. The Balaban J connectivity index is 1.42. The van der Waals surface area contributed by atoms with Gasteiger partial charge in [0.25, 0.3) is 0 Å². The normalized spacial score (nSPS) is 15.6. The highest BCUT2D eigenvalue weighted by atomic mass is 16.1. The van der Waals surface area contributed by atoms with E-state index in [9.17, 15) is 4.79 Å². The van der Waals surface area contributed by atoms with Gasteiger partial charge in [-0.1, -0.05) is 140 Å². The van der Waals surface area contributed by atoms with Gasteiger partial charge in [0.1, 0.15) is 0 Å². The van der Waals surface area contributed by atoms with Crippen LogP contribution < -0.4 is 0 Å². The minimum atomic E-state index is -0.530. The van der Waals surface area contributed by atoms with Crippen molar-refractivity contribution < 1.29 is 4.79 Å². The molecule has 1 nitrogen and oxygen atoms in total. The van der Waals surface area contributed by atoms with E-state index in [1.807, 2.05) is 42.5 Å². The molecule has 41 heavy (non-hydrogen) atoms. The lowest BCUT2D eigenvalue weighted by Crippen LogP contribution is -2.26. The van der Waals surface area contributed by atoms with Gasteiger partial charge in [-0.3, -0.25) is 4.79 Å². The fourth-order valence-corrected chi connectivity index (χ4v) is 7.03. The van der Waals surface area contributed by atoms with E-state index in [-0.39, 0.29) is 5.78 Å². The van der Waals surface area contributed by atoms with E-state index in [1.165, 1.54) is 38.9 Å². The first-order valence-corrected chi connectivity index (χ1v) is 14.0. The average Bonchev–Trinajstić information content (AvgIpc) is 3.51. The zero-order valence-electron chi connectivity index (χ0n) is 22.5. The lowest BCUT2D eigenvalue weighted by atomic mass is 9.70. The molecule has 8 rings (SSSR count). The molecule has 192 valence electrons. The predicted molar refractivity (Wildman–Crippen MR) is 167 cm³/mol. The highest BCUT2D eigenvalue weighted by molar-refractivity contribution is 6.10. The van der Waals surface area contributed by atoms with Crippen LogP contribution in [0, 0.1) is 0 Å². The Hall–Kier alpha value is -5.27. The Bertz CT molecular complexity index is 1870. The molecule has 0 N–H and O–H groups in total. The lowest BCUT2D eigenvalue weighted by Gasteiger charge is -2.31. The Kier molecular flexibility index (Phi) is 5.11. The molecule has 2 aliphatic rings. The van der Waals surface area contributed by atoms with Crippen LogP contribution in [0.4, 0.5) is 0 Å². The van der Waals surface area contributed by atoms with E-state index in [0.29, 0.717) is 11.1 Å². The number of fused-ring (bicyclic) bond motifs is 10.